The predicted octanol–water partition coefficient (Wildman–Crippen LogP) is 3.50. The molecular formula is C22H26N4O4. The van der Waals surface area contributed by atoms with Crippen molar-refractivity contribution in [2.24, 2.45) is 5.92 Å². The average molecular weight is 410 g/mol. The second-order valence-electron chi connectivity index (χ2n) is 7.66. The summed E-state index contributed by atoms with van der Waals surface area (Å²) in [5.74, 6) is -0.394. The number of likely N-dealkylation sites (tertiary alicyclic amines) is 1. The molecule has 0 bridgehead atoms. The highest BCUT2D eigenvalue weighted by molar-refractivity contribution is 5.95. The molecule has 2 aromatic rings. The fourth-order valence-electron chi connectivity index (χ4n) is 3.56. The van der Waals surface area contributed by atoms with Gasteiger partial charge in [0.15, 0.2) is 0 Å². The smallest absolute Gasteiger partial charge is 0.293 e. The molecular weight excluding hydrogens is 384 g/mol. The van der Waals surface area contributed by atoms with E-state index in [9.17, 15) is 19.7 Å². The third kappa shape index (κ3) is 5.42. The van der Waals surface area contributed by atoms with Crippen LogP contribution in [0.1, 0.15) is 24.0 Å². The maximum Gasteiger partial charge on any atom is 0.293 e. The molecule has 2 amide bonds. The molecule has 0 radical (unpaired) electrons. The van der Waals surface area contributed by atoms with Crippen LogP contribution in [0.4, 0.5) is 17.1 Å². The van der Waals surface area contributed by atoms with E-state index in [0.29, 0.717) is 25.9 Å². The molecule has 1 fully saturated rings. The molecule has 0 saturated carbocycles. The van der Waals surface area contributed by atoms with Gasteiger partial charge in [0.2, 0.25) is 11.8 Å². The van der Waals surface area contributed by atoms with Gasteiger partial charge >= 0.3 is 0 Å². The van der Waals surface area contributed by atoms with Crippen LogP contribution in [0.5, 0.6) is 0 Å². The monoisotopic (exact) mass is 410 g/mol. The van der Waals surface area contributed by atoms with Crippen molar-refractivity contribution >= 4 is 28.9 Å². The number of amides is 2. The van der Waals surface area contributed by atoms with E-state index in [1.54, 1.807) is 13.0 Å². The number of nitro groups is 1. The normalized spacial score (nSPS) is 14.9. The van der Waals surface area contributed by atoms with Crippen LogP contribution in [0.3, 0.4) is 0 Å². The summed E-state index contributed by atoms with van der Waals surface area (Å²) in [6.45, 7) is 5.02. The van der Waals surface area contributed by atoms with Crippen LogP contribution >= 0.6 is 0 Å². The van der Waals surface area contributed by atoms with E-state index in [0.717, 1.165) is 16.8 Å². The van der Waals surface area contributed by atoms with Gasteiger partial charge in [-0.3, -0.25) is 24.6 Å². The maximum absolute atomic E-state index is 12.5. The minimum atomic E-state index is -0.487. The zero-order valence-electron chi connectivity index (χ0n) is 17.2. The number of hydrogen-bond acceptors (Lipinski definition) is 5. The van der Waals surface area contributed by atoms with Gasteiger partial charge in [0.05, 0.1) is 11.5 Å². The second kappa shape index (κ2) is 9.49. The van der Waals surface area contributed by atoms with Crippen LogP contribution in [-0.2, 0) is 9.59 Å². The van der Waals surface area contributed by atoms with E-state index < -0.39 is 4.92 Å². The van der Waals surface area contributed by atoms with E-state index in [4.69, 9.17) is 0 Å². The average Bonchev–Trinajstić information content (AvgIpc) is 2.71. The number of rotatable bonds is 6. The molecule has 1 saturated heterocycles. The molecule has 0 spiro atoms. The third-order valence-electron chi connectivity index (χ3n) is 5.45. The summed E-state index contributed by atoms with van der Waals surface area (Å²) < 4.78 is 0. The quantitative estimate of drug-likeness (QED) is 0.560. The number of anilines is 2. The highest BCUT2D eigenvalue weighted by Crippen LogP contribution is 2.28. The fraction of sp³-hybridized carbons (Fsp3) is 0.364. The van der Waals surface area contributed by atoms with Crippen LogP contribution in [0.15, 0.2) is 42.5 Å². The summed E-state index contributed by atoms with van der Waals surface area (Å²) in [5, 5.41) is 16.9. The summed E-state index contributed by atoms with van der Waals surface area (Å²) >= 11 is 0. The first kappa shape index (κ1) is 21.4. The Morgan fingerprint density at radius 2 is 1.70 bits per heavy atom. The van der Waals surface area contributed by atoms with Crippen molar-refractivity contribution in [1.82, 2.24) is 4.90 Å². The van der Waals surface area contributed by atoms with Crippen LogP contribution in [0, 0.1) is 29.9 Å². The van der Waals surface area contributed by atoms with E-state index in [2.05, 4.69) is 10.6 Å². The minimum Gasteiger partial charge on any atom is -0.326 e. The minimum absolute atomic E-state index is 0.00365. The lowest BCUT2D eigenvalue weighted by molar-refractivity contribution is -0.384. The van der Waals surface area contributed by atoms with Gasteiger partial charge in [-0.05, 0) is 69.1 Å². The molecule has 0 atom stereocenters. The van der Waals surface area contributed by atoms with Crippen molar-refractivity contribution in [3.63, 3.8) is 0 Å². The third-order valence-corrected chi connectivity index (χ3v) is 5.45. The van der Waals surface area contributed by atoms with E-state index in [1.807, 2.05) is 42.2 Å². The Labute approximate surface area is 175 Å². The molecule has 2 aromatic carbocycles. The SMILES string of the molecule is Cc1cc(NC(=O)CN2CCC(C(=O)Nc3ccccc3)CC2)c([N+](=O)[O-])cc1C. The molecule has 2 N–H and O–H groups in total. The predicted molar refractivity (Wildman–Crippen MR) is 115 cm³/mol. The number of nitro benzene ring substituents is 1. The van der Waals surface area contributed by atoms with Gasteiger partial charge in [0, 0.05) is 17.7 Å². The lowest BCUT2D eigenvalue weighted by Crippen LogP contribution is -2.41. The molecule has 0 aromatic heterocycles. The largest absolute Gasteiger partial charge is 0.326 e. The van der Waals surface area contributed by atoms with Gasteiger partial charge in [0.1, 0.15) is 5.69 Å². The van der Waals surface area contributed by atoms with Gasteiger partial charge in [-0.2, -0.15) is 0 Å². The van der Waals surface area contributed by atoms with Crippen molar-refractivity contribution in [1.29, 1.82) is 0 Å². The highest BCUT2D eigenvalue weighted by Gasteiger charge is 2.26. The first-order valence-corrected chi connectivity index (χ1v) is 9.97. The number of nitrogens with zero attached hydrogens (tertiary/aromatic N) is 2. The van der Waals surface area contributed by atoms with Crippen LogP contribution in [0.25, 0.3) is 0 Å². The Morgan fingerprint density at radius 3 is 2.33 bits per heavy atom. The Bertz CT molecular complexity index is 938. The van der Waals surface area contributed by atoms with Crippen molar-refractivity contribution in [3.8, 4) is 0 Å². The maximum atomic E-state index is 12.5. The summed E-state index contributed by atoms with van der Waals surface area (Å²) in [4.78, 5) is 37.7. The zero-order valence-corrected chi connectivity index (χ0v) is 17.2. The molecule has 0 aliphatic carbocycles. The van der Waals surface area contributed by atoms with Gasteiger partial charge in [-0.15, -0.1) is 0 Å². The number of carbonyl (C=O) groups excluding carboxylic acids is 2. The summed E-state index contributed by atoms with van der Waals surface area (Å²) in [6, 6.07) is 12.4. The number of para-hydroxylation sites is 1. The van der Waals surface area contributed by atoms with Gasteiger partial charge < -0.3 is 10.6 Å². The van der Waals surface area contributed by atoms with Gasteiger partial charge in [0.25, 0.3) is 5.69 Å². The molecule has 8 nitrogen and oxygen atoms in total. The first-order valence-electron chi connectivity index (χ1n) is 9.97. The van der Waals surface area contributed by atoms with E-state index in [1.165, 1.54) is 6.07 Å². The van der Waals surface area contributed by atoms with E-state index in [-0.39, 0.29) is 35.7 Å². The molecule has 1 aliphatic rings. The summed E-state index contributed by atoms with van der Waals surface area (Å²) in [7, 11) is 0. The Kier molecular flexibility index (Phi) is 6.79. The molecule has 0 unspecified atom stereocenters. The van der Waals surface area contributed by atoms with Crippen molar-refractivity contribution in [2.75, 3.05) is 30.3 Å². The Hall–Kier alpha value is -3.26. The summed E-state index contributed by atoms with van der Waals surface area (Å²) in [5.41, 5.74) is 2.56. The van der Waals surface area contributed by atoms with Crippen LogP contribution in [0.2, 0.25) is 0 Å². The molecule has 3 rings (SSSR count). The number of nitrogens with one attached hydrogen (secondary N) is 2. The van der Waals surface area contributed by atoms with Gasteiger partial charge in [-0.1, -0.05) is 18.2 Å². The molecule has 30 heavy (non-hydrogen) atoms. The van der Waals surface area contributed by atoms with Crippen LogP contribution < -0.4 is 10.6 Å². The van der Waals surface area contributed by atoms with E-state index >= 15 is 0 Å². The number of aryl methyl sites for hydroxylation is 2. The van der Waals surface area contributed by atoms with Crippen molar-refractivity contribution in [2.45, 2.75) is 26.7 Å². The number of hydrogen-bond donors (Lipinski definition) is 2. The topological polar surface area (TPSA) is 105 Å². The van der Waals surface area contributed by atoms with Crippen molar-refractivity contribution < 1.29 is 14.5 Å². The lowest BCUT2D eigenvalue weighted by Gasteiger charge is -2.30. The summed E-state index contributed by atoms with van der Waals surface area (Å²) in [6.07, 6.45) is 1.32. The second-order valence-corrected chi connectivity index (χ2v) is 7.66. The standard InChI is InChI=1S/C22H26N4O4/c1-15-12-19(20(26(29)30)13-16(15)2)24-21(27)14-25-10-8-17(9-11-25)22(28)23-18-6-4-3-5-7-18/h3-7,12-13,17H,8-11,14H2,1-2H3,(H,23,28)(H,24,27). The lowest BCUT2D eigenvalue weighted by atomic mass is 9.96. The Morgan fingerprint density at radius 1 is 1.07 bits per heavy atom. The molecule has 1 aliphatic heterocycles. The Balaban J connectivity index is 1.52. The number of piperidine rings is 1. The fourth-order valence-corrected chi connectivity index (χ4v) is 3.56. The van der Waals surface area contributed by atoms with Crippen LogP contribution in [-0.4, -0.2) is 41.3 Å². The highest BCUT2D eigenvalue weighted by atomic mass is 16.6. The first-order chi connectivity index (χ1) is 14.3. The zero-order chi connectivity index (χ0) is 21.7. The molecule has 1 heterocycles. The molecule has 8 heteroatoms. The number of carbonyl (C=O) groups is 2. The van der Waals surface area contributed by atoms with Crippen molar-refractivity contribution in [3.05, 3.63) is 63.7 Å². The number of benzene rings is 2. The molecule has 158 valence electrons. The van der Waals surface area contributed by atoms with Gasteiger partial charge in [-0.25, -0.2) is 0 Å².